The molecule has 0 bridgehead atoms. The van der Waals surface area contributed by atoms with Gasteiger partial charge in [0, 0.05) is 10.0 Å². The van der Waals surface area contributed by atoms with Crippen molar-refractivity contribution in [3.05, 3.63) is 41.1 Å². The fraction of sp³-hybridized carbons (Fsp3) is 0.154. The first kappa shape index (κ1) is 12.7. The van der Waals surface area contributed by atoms with Crippen LogP contribution in [-0.2, 0) is 4.79 Å². The Balaban J connectivity index is 2.17. The van der Waals surface area contributed by atoms with Crippen molar-refractivity contribution in [3.63, 3.8) is 0 Å². The molecule has 1 aromatic carbocycles. The molecule has 4 nitrogen and oxygen atoms in total. The Labute approximate surface area is 113 Å². The molecule has 0 unspecified atom stereocenters. The first-order chi connectivity index (χ1) is 8.66. The van der Waals surface area contributed by atoms with Gasteiger partial charge in [0.2, 0.25) is 0 Å². The van der Waals surface area contributed by atoms with E-state index in [-0.39, 0.29) is 12.4 Å². The number of carbonyl (C=O) groups is 1. The van der Waals surface area contributed by atoms with Gasteiger partial charge < -0.3 is 4.74 Å². The SMILES string of the molecule is CC(=O)COc1cnc(-c2ccccc2Br)nc1. The van der Waals surface area contributed by atoms with Gasteiger partial charge in [0.05, 0.1) is 12.4 Å². The zero-order valence-corrected chi connectivity index (χ0v) is 11.3. The van der Waals surface area contributed by atoms with Crippen molar-refractivity contribution in [2.75, 3.05) is 6.61 Å². The Morgan fingerprint density at radius 2 is 1.94 bits per heavy atom. The smallest absolute Gasteiger partial charge is 0.167 e. The van der Waals surface area contributed by atoms with Crippen LogP contribution in [0.3, 0.4) is 0 Å². The monoisotopic (exact) mass is 306 g/mol. The minimum Gasteiger partial charge on any atom is -0.483 e. The highest BCUT2D eigenvalue weighted by atomic mass is 79.9. The predicted octanol–water partition coefficient (Wildman–Crippen LogP) is 2.87. The summed E-state index contributed by atoms with van der Waals surface area (Å²) in [6.45, 7) is 1.51. The van der Waals surface area contributed by atoms with E-state index in [4.69, 9.17) is 4.74 Å². The van der Waals surface area contributed by atoms with Crippen molar-refractivity contribution < 1.29 is 9.53 Å². The van der Waals surface area contributed by atoms with Crippen LogP contribution in [0, 0.1) is 0 Å². The average Bonchev–Trinajstić information content (AvgIpc) is 2.38. The van der Waals surface area contributed by atoms with Gasteiger partial charge in [-0.05, 0) is 13.0 Å². The van der Waals surface area contributed by atoms with Crippen molar-refractivity contribution in [2.45, 2.75) is 6.92 Å². The third kappa shape index (κ3) is 3.13. The summed E-state index contributed by atoms with van der Waals surface area (Å²) in [4.78, 5) is 19.2. The van der Waals surface area contributed by atoms with Gasteiger partial charge >= 0.3 is 0 Å². The number of hydrogen-bond donors (Lipinski definition) is 0. The molecule has 5 heteroatoms. The fourth-order valence-corrected chi connectivity index (χ4v) is 1.82. The maximum absolute atomic E-state index is 10.8. The third-order valence-electron chi connectivity index (χ3n) is 2.19. The Hall–Kier alpha value is -1.75. The van der Waals surface area contributed by atoms with Crippen molar-refractivity contribution >= 4 is 21.7 Å². The minimum absolute atomic E-state index is 0.0371. The summed E-state index contributed by atoms with van der Waals surface area (Å²) < 4.78 is 6.14. The number of nitrogens with zero attached hydrogens (tertiary/aromatic N) is 2. The summed E-state index contributed by atoms with van der Waals surface area (Å²) in [6.07, 6.45) is 3.12. The molecule has 0 amide bonds. The van der Waals surface area contributed by atoms with E-state index in [0.29, 0.717) is 11.6 Å². The number of benzene rings is 1. The van der Waals surface area contributed by atoms with Gasteiger partial charge in [0.1, 0.15) is 6.61 Å². The Morgan fingerprint density at radius 1 is 1.28 bits per heavy atom. The second kappa shape index (κ2) is 5.73. The van der Waals surface area contributed by atoms with E-state index in [0.717, 1.165) is 10.0 Å². The van der Waals surface area contributed by atoms with Crippen LogP contribution in [0.5, 0.6) is 5.75 Å². The van der Waals surface area contributed by atoms with Crippen LogP contribution in [-0.4, -0.2) is 22.4 Å². The van der Waals surface area contributed by atoms with Crippen LogP contribution in [0.2, 0.25) is 0 Å². The standard InChI is InChI=1S/C13H11BrN2O2/c1-9(17)8-18-10-6-15-13(16-7-10)11-4-2-3-5-12(11)14/h2-7H,8H2,1H3. The first-order valence-electron chi connectivity index (χ1n) is 5.36. The van der Waals surface area contributed by atoms with E-state index < -0.39 is 0 Å². The Morgan fingerprint density at radius 3 is 2.56 bits per heavy atom. The van der Waals surface area contributed by atoms with Crippen molar-refractivity contribution in [1.29, 1.82) is 0 Å². The number of ether oxygens (including phenoxy) is 1. The molecule has 18 heavy (non-hydrogen) atoms. The van der Waals surface area contributed by atoms with E-state index in [1.807, 2.05) is 24.3 Å². The maximum atomic E-state index is 10.8. The lowest BCUT2D eigenvalue weighted by molar-refractivity contribution is -0.118. The topological polar surface area (TPSA) is 52.1 Å². The van der Waals surface area contributed by atoms with Crippen LogP contribution in [0.25, 0.3) is 11.4 Å². The number of Topliss-reactive ketones (excluding diaryl/α,β-unsaturated/α-hetero) is 1. The zero-order valence-electron chi connectivity index (χ0n) is 9.76. The molecular weight excluding hydrogens is 296 g/mol. The summed E-state index contributed by atoms with van der Waals surface area (Å²) in [5.41, 5.74) is 0.913. The molecule has 0 aliphatic rings. The van der Waals surface area contributed by atoms with Gasteiger partial charge in [0.25, 0.3) is 0 Å². The molecule has 0 spiro atoms. The molecule has 0 atom stereocenters. The van der Waals surface area contributed by atoms with Crippen molar-refractivity contribution in [1.82, 2.24) is 9.97 Å². The summed E-state index contributed by atoms with van der Waals surface area (Å²) in [6, 6.07) is 7.70. The number of halogens is 1. The second-order valence-corrected chi connectivity index (χ2v) is 4.57. The Bertz CT molecular complexity index is 555. The molecule has 2 rings (SSSR count). The summed E-state index contributed by atoms with van der Waals surface area (Å²) in [5.74, 6) is 1.06. The zero-order chi connectivity index (χ0) is 13.0. The normalized spacial score (nSPS) is 10.1. The molecule has 0 saturated heterocycles. The van der Waals surface area contributed by atoms with E-state index in [1.54, 1.807) is 12.4 Å². The molecule has 0 fully saturated rings. The fourth-order valence-electron chi connectivity index (χ4n) is 1.36. The summed E-state index contributed by atoms with van der Waals surface area (Å²) >= 11 is 3.45. The van der Waals surface area contributed by atoms with Gasteiger partial charge in [-0.15, -0.1) is 0 Å². The predicted molar refractivity (Wildman–Crippen MR) is 71.3 cm³/mol. The van der Waals surface area contributed by atoms with Crippen LogP contribution in [0.1, 0.15) is 6.92 Å². The van der Waals surface area contributed by atoms with Gasteiger partial charge in [-0.2, -0.15) is 0 Å². The minimum atomic E-state index is -0.0371. The lowest BCUT2D eigenvalue weighted by Crippen LogP contribution is -2.07. The molecule has 0 saturated carbocycles. The van der Waals surface area contributed by atoms with Crippen LogP contribution in [0.4, 0.5) is 0 Å². The number of ketones is 1. The number of rotatable bonds is 4. The highest BCUT2D eigenvalue weighted by Gasteiger charge is 2.05. The number of hydrogen-bond acceptors (Lipinski definition) is 4. The number of aromatic nitrogens is 2. The number of carbonyl (C=O) groups excluding carboxylic acids is 1. The van der Waals surface area contributed by atoms with Crippen LogP contribution >= 0.6 is 15.9 Å². The molecule has 0 aliphatic heterocycles. The summed E-state index contributed by atoms with van der Waals surface area (Å²) in [5, 5.41) is 0. The molecule has 0 aliphatic carbocycles. The van der Waals surface area contributed by atoms with E-state index in [2.05, 4.69) is 25.9 Å². The molecule has 2 aromatic rings. The largest absolute Gasteiger partial charge is 0.483 e. The van der Waals surface area contributed by atoms with Gasteiger partial charge in [0.15, 0.2) is 17.4 Å². The quantitative estimate of drug-likeness (QED) is 0.871. The second-order valence-electron chi connectivity index (χ2n) is 3.71. The average molecular weight is 307 g/mol. The highest BCUT2D eigenvalue weighted by Crippen LogP contribution is 2.25. The van der Waals surface area contributed by atoms with E-state index in [1.165, 1.54) is 6.92 Å². The van der Waals surface area contributed by atoms with E-state index >= 15 is 0 Å². The van der Waals surface area contributed by atoms with Gasteiger partial charge in [-0.3, -0.25) is 4.79 Å². The molecule has 1 aromatic heterocycles. The highest BCUT2D eigenvalue weighted by molar-refractivity contribution is 9.10. The molecule has 0 N–H and O–H groups in total. The lowest BCUT2D eigenvalue weighted by atomic mass is 10.2. The molecule has 1 heterocycles. The third-order valence-corrected chi connectivity index (χ3v) is 2.88. The molecular formula is C13H11BrN2O2. The Kier molecular flexibility index (Phi) is 4.04. The van der Waals surface area contributed by atoms with Crippen molar-refractivity contribution in [2.24, 2.45) is 0 Å². The molecule has 92 valence electrons. The molecule has 0 radical (unpaired) electrons. The lowest BCUT2D eigenvalue weighted by Gasteiger charge is -2.05. The van der Waals surface area contributed by atoms with Gasteiger partial charge in [-0.25, -0.2) is 9.97 Å². The van der Waals surface area contributed by atoms with Crippen LogP contribution < -0.4 is 4.74 Å². The summed E-state index contributed by atoms with van der Waals surface area (Å²) in [7, 11) is 0. The van der Waals surface area contributed by atoms with E-state index in [9.17, 15) is 4.79 Å². The van der Waals surface area contributed by atoms with Crippen molar-refractivity contribution in [3.8, 4) is 17.1 Å². The van der Waals surface area contributed by atoms with Crippen LogP contribution in [0.15, 0.2) is 41.1 Å². The maximum Gasteiger partial charge on any atom is 0.167 e. The van der Waals surface area contributed by atoms with Gasteiger partial charge in [-0.1, -0.05) is 34.1 Å². The first-order valence-corrected chi connectivity index (χ1v) is 6.15.